The van der Waals surface area contributed by atoms with Gasteiger partial charge in [-0.05, 0) is 17.7 Å². The summed E-state index contributed by atoms with van der Waals surface area (Å²) < 4.78 is 7.65. The summed E-state index contributed by atoms with van der Waals surface area (Å²) >= 11 is 0. The quantitative estimate of drug-likeness (QED) is 0.503. The number of carbonyl (C=O) groups is 1. The molecule has 0 spiro atoms. The van der Waals surface area contributed by atoms with E-state index >= 15 is 0 Å². The Balaban J connectivity index is 2.19. The van der Waals surface area contributed by atoms with Gasteiger partial charge in [-0.1, -0.05) is 30.3 Å². The minimum atomic E-state index is -0.796. The SMILES string of the molecule is [2H]C(=NNC([B])=O)c1ccc(-c2ccccn2)cc1. The van der Waals surface area contributed by atoms with Crippen molar-refractivity contribution in [2.75, 3.05) is 0 Å². The van der Waals surface area contributed by atoms with Crippen molar-refractivity contribution < 1.29 is 6.17 Å². The molecule has 18 heavy (non-hydrogen) atoms. The highest BCUT2D eigenvalue weighted by Gasteiger charge is 1.97. The molecule has 1 aromatic carbocycles. The van der Waals surface area contributed by atoms with Gasteiger partial charge < -0.3 is 0 Å². The fourth-order valence-electron chi connectivity index (χ4n) is 1.40. The monoisotopic (exact) mass is 236 g/mol. The number of hydrogen-bond donors (Lipinski definition) is 1. The molecule has 4 nitrogen and oxygen atoms in total. The van der Waals surface area contributed by atoms with Crippen LogP contribution in [0.25, 0.3) is 11.3 Å². The van der Waals surface area contributed by atoms with Gasteiger partial charge >= 0.3 is 0 Å². The Morgan fingerprint density at radius 3 is 2.72 bits per heavy atom. The van der Waals surface area contributed by atoms with E-state index in [4.69, 9.17) is 9.22 Å². The molecular weight excluding hydrogens is 225 g/mol. The molecule has 0 saturated heterocycles. The van der Waals surface area contributed by atoms with Gasteiger partial charge in [0, 0.05) is 11.8 Å². The summed E-state index contributed by atoms with van der Waals surface area (Å²) in [5.41, 5.74) is 4.39. The van der Waals surface area contributed by atoms with Gasteiger partial charge in [0.25, 0.3) is 0 Å². The number of hydrazone groups is 1. The molecule has 0 aliphatic carbocycles. The number of nitrogens with zero attached hydrogens (tertiary/aromatic N) is 2. The van der Waals surface area contributed by atoms with Crippen LogP contribution in [-0.4, -0.2) is 24.8 Å². The molecule has 0 aliphatic rings. The van der Waals surface area contributed by atoms with E-state index in [2.05, 4.69) is 10.1 Å². The highest BCUT2D eigenvalue weighted by molar-refractivity contribution is 6.57. The van der Waals surface area contributed by atoms with Gasteiger partial charge in [0.1, 0.15) is 0 Å². The molecule has 0 fully saturated rings. The topological polar surface area (TPSA) is 54.4 Å². The fraction of sp³-hybridized carbons (Fsp3) is 0. The molecule has 0 bridgehead atoms. The molecule has 0 saturated carbocycles. The van der Waals surface area contributed by atoms with E-state index in [0.29, 0.717) is 5.56 Å². The molecule has 86 valence electrons. The predicted octanol–water partition coefficient (Wildman–Crippen LogP) is 1.96. The van der Waals surface area contributed by atoms with Gasteiger partial charge in [-0.3, -0.25) is 15.2 Å². The number of carbonyl (C=O) groups excluding carboxylic acids is 1. The van der Waals surface area contributed by atoms with Gasteiger partial charge in [0.2, 0.25) is 7.85 Å². The Hall–Kier alpha value is -2.43. The van der Waals surface area contributed by atoms with Crippen LogP contribution in [0, 0.1) is 0 Å². The van der Waals surface area contributed by atoms with Crippen molar-refractivity contribution in [3.63, 3.8) is 0 Å². The van der Waals surface area contributed by atoms with Crippen molar-refractivity contribution in [3.05, 3.63) is 54.2 Å². The summed E-state index contributed by atoms with van der Waals surface area (Å²) in [6.45, 7) is 0. The van der Waals surface area contributed by atoms with Crippen LogP contribution in [0.15, 0.2) is 53.8 Å². The molecule has 1 aromatic heterocycles. The number of amides is 1. The van der Waals surface area contributed by atoms with Crippen LogP contribution in [-0.2, 0) is 0 Å². The Morgan fingerprint density at radius 2 is 2.11 bits per heavy atom. The lowest BCUT2D eigenvalue weighted by atomic mass is 10.1. The fourth-order valence-corrected chi connectivity index (χ4v) is 1.40. The Labute approximate surface area is 108 Å². The standard InChI is InChI=1S/C13H10BN3O/c14-13(18)17-16-9-10-4-6-11(7-5-10)12-3-1-2-8-15-12/h1-9H,(H,17,18)/i9D. The number of rotatable bonds is 3. The van der Waals surface area contributed by atoms with Crippen LogP contribution in [0.5, 0.6) is 0 Å². The van der Waals surface area contributed by atoms with Crippen LogP contribution in [0.3, 0.4) is 0 Å². The summed E-state index contributed by atoms with van der Waals surface area (Å²) in [7, 11) is 4.87. The molecule has 0 atom stereocenters. The van der Waals surface area contributed by atoms with Crippen LogP contribution in [0.2, 0.25) is 0 Å². The summed E-state index contributed by atoms with van der Waals surface area (Å²) in [5, 5.41) is 3.54. The Bertz CT molecular complexity index is 599. The molecule has 2 aromatic rings. The average molecular weight is 236 g/mol. The van der Waals surface area contributed by atoms with E-state index in [1.807, 2.05) is 35.8 Å². The zero-order chi connectivity index (χ0) is 13.7. The minimum Gasteiger partial charge on any atom is -0.288 e. The van der Waals surface area contributed by atoms with Crippen LogP contribution >= 0.6 is 0 Å². The summed E-state index contributed by atoms with van der Waals surface area (Å²) in [6.07, 6.45) is 1.66. The molecule has 1 N–H and O–H groups in total. The largest absolute Gasteiger partial charge is 0.288 e. The minimum absolute atomic E-state index is 0.0635. The zero-order valence-corrected chi connectivity index (χ0v) is 9.50. The van der Waals surface area contributed by atoms with Crippen LogP contribution in [0.1, 0.15) is 6.93 Å². The number of benzene rings is 1. The first-order valence-electron chi connectivity index (χ1n) is 5.78. The maximum Gasteiger partial charge on any atom is 0.203 e. The number of pyridine rings is 1. The van der Waals surface area contributed by atoms with E-state index in [1.165, 1.54) is 0 Å². The van der Waals surface area contributed by atoms with E-state index in [1.54, 1.807) is 18.3 Å². The van der Waals surface area contributed by atoms with Gasteiger partial charge in [-0.25, -0.2) is 0 Å². The second-order valence-corrected chi connectivity index (χ2v) is 3.49. The molecule has 5 heteroatoms. The molecular formula is C13H10BN3O. The number of nitrogens with one attached hydrogen (secondary N) is 1. The maximum atomic E-state index is 10.5. The van der Waals surface area contributed by atoms with Crippen LogP contribution in [0.4, 0.5) is 4.79 Å². The lowest BCUT2D eigenvalue weighted by Gasteiger charge is -2.00. The summed E-state index contributed by atoms with van der Waals surface area (Å²) in [4.78, 5) is 14.7. The second-order valence-electron chi connectivity index (χ2n) is 3.49. The first-order valence-corrected chi connectivity index (χ1v) is 5.28. The maximum absolute atomic E-state index is 10.5. The predicted molar refractivity (Wildman–Crippen MR) is 71.6 cm³/mol. The lowest BCUT2D eigenvalue weighted by molar-refractivity contribution is 0.260. The van der Waals surface area contributed by atoms with Gasteiger partial charge in [-0.15, -0.1) is 0 Å². The lowest BCUT2D eigenvalue weighted by Crippen LogP contribution is -2.14. The van der Waals surface area contributed by atoms with Crippen molar-refractivity contribution >= 4 is 19.8 Å². The van der Waals surface area contributed by atoms with Gasteiger partial charge in [0.15, 0.2) is 5.81 Å². The summed E-state index contributed by atoms with van der Waals surface area (Å²) in [6, 6.07) is 12.8. The zero-order valence-electron chi connectivity index (χ0n) is 10.5. The van der Waals surface area contributed by atoms with Crippen molar-refractivity contribution in [2.24, 2.45) is 5.10 Å². The highest BCUT2D eigenvalue weighted by Crippen LogP contribution is 2.15. The average Bonchev–Trinajstić information content (AvgIpc) is 2.46. The van der Waals surface area contributed by atoms with E-state index < -0.39 is 5.81 Å². The Morgan fingerprint density at radius 1 is 1.33 bits per heavy atom. The third-order valence-corrected chi connectivity index (χ3v) is 2.20. The molecule has 0 unspecified atom stereocenters. The molecule has 2 radical (unpaired) electrons. The molecule has 0 aliphatic heterocycles. The van der Waals surface area contributed by atoms with Crippen molar-refractivity contribution in [1.82, 2.24) is 10.4 Å². The normalized spacial score (nSPS) is 11.8. The third-order valence-electron chi connectivity index (χ3n) is 2.20. The van der Waals surface area contributed by atoms with Crippen LogP contribution < -0.4 is 5.43 Å². The van der Waals surface area contributed by atoms with E-state index in [0.717, 1.165) is 11.3 Å². The smallest absolute Gasteiger partial charge is 0.203 e. The van der Waals surface area contributed by atoms with Crippen molar-refractivity contribution in [1.29, 1.82) is 0 Å². The molecule has 1 heterocycles. The number of aromatic nitrogens is 1. The first kappa shape index (κ1) is 10.7. The summed E-state index contributed by atoms with van der Waals surface area (Å²) in [5.74, 6) is -0.796. The van der Waals surface area contributed by atoms with E-state index in [-0.39, 0.29) is 6.19 Å². The number of hydrogen-bond acceptors (Lipinski definition) is 3. The van der Waals surface area contributed by atoms with Crippen molar-refractivity contribution in [2.45, 2.75) is 0 Å². The first-order chi connectivity index (χ1) is 9.16. The van der Waals surface area contributed by atoms with Gasteiger partial charge in [0.05, 0.1) is 13.3 Å². The van der Waals surface area contributed by atoms with E-state index in [9.17, 15) is 4.79 Å². The Kier molecular flexibility index (Phi) is 3.43. The molecule has 2 rings (SSSR count). The third kappa shape index (κ3) is 3.28. The second kappa shape index (κ2) is 5.77. The van der Waals surface area contributed by atoms with Crippen molar-refractivity contribution in [3.8, 4) is 11.3 Å². The molecule has 1 amide bonds. The van der Waals surface area contributed by atoms with Gasteiger partial charge in [-0.2, -0.15) is 5.10 Å². The highest BCUT2D eigenvalue weighted by atomic mass is 16.1.